The molecule has 5 heteroatoms. The molecule has 0 radical (unpaired) electrons. The summed E-state index contributed by atoms with van der Waals surface area (Å²) in [5.74, 6) is 0.774. The Labute approximate surface area is 154 Å². The number of nitrogens with one attached hydrogen (secondary N) is 1. The summed E-state index contributed by atoms with van der Waals surface area (Å²) >= 11 is 0. The first-order chi connectivity index (χ1) is 12.5. The van der Waals surface area contributed by atoms with Crippen LogP contribution < -0.4 is 14.8 Å². The number of halogens is 1. The topological polar surface area (TPSA) is 47.6 Å². The molecular weight excluding hydrogens is 333 g/mol. The highest BCUT2D eigenvalue weighted by atomic mass is 19.1. The third-order valence-corrected chi connectivity index (χ3v) is 4.30. The third kappa shape index (κ3) is 4.97. The quantitative estimate of drug-likeness (QED) is 0.751. The molecule has 0 saturated heterocycles. The molecule has 2 aromatic carbocycles. The molecular formula is C21H26FNO3. The molecule has 1 amide bonds. The standard InChI is InChI=1S/C21H26FNO3/c1-5-18(15-7-12-20(25-4)14(3)13-15)23-21(24)19(6-2)26-17-10-8-16(22)9-11-17/h7-13,18-19H,5-6H2,1-4H3,(H,23,24)/t18-,19-/m0/s1. The molecule has 0 aliphatic heterocycles. The smallest absolute Gasteiger partial charge is 0.261 e. The first kappa shape index (κ1) is 19.8. The molecule has 0 unspecified atom stereocenters. The van der Waals surface area contributed by atoms with Crippen LogP contribution in [0.3, 0.4) is 0 Å². The minimum atomic E-state index is -0.631. The van der Waals surface area contributed by atoms with Gasteiger partial charge in [-0.15, -0.1) is 0 Å². The summed E-state index contributed by atoms with van der Waals surface area (Å²) in [6.45, 7) is 5.88. The van der Waals surface area contributed by atoms with Crippen molar-refractivity contribution in [2.24, 2.45) is 0 Å². The lowest BCUT2D eigenvalue weighted by Crippen LogP contribution is -2.40. The predicted molar refractivity (Wildman–Crippen MR) is 100 cm³/mol. The van der Waals surface area contributed by atoms with Crippen LogP contribution >= 0.6 is 0 Å². The summed E-state index contributed by atoms with van der Waals surface area (Å²) in [4.78, 5) is 12.7. The lowest BCUT2D eigenvalue weighted by Gasteiger charge is -2.23. The average molecular weight is 359 g/mol. The van der Waals surface area contributed by atoms with Crippen LogP contribution in [-0.2, 0) is 4.79 Å². The Kier molecular flexibility index (Phi) is 7.01. The van der Waals surface area contributed by atoms with Gasteiger partial charge in [0.25, 0.3) is 5.91 Å². The molecule has 2 rings (SSSR count). The number of methoxy groups -OCH3 is 1. The van der Waals surface area contributed by atoms with Gasteiger partial charge < -0.3 is 14.8 Å². The van der Waals surface area contributed by atoms with Crippen molar-refractivity contribution in [1.82, 2.24) is 5.32 Å². The van der Waals surface area contributed by atoms with Crippen molar-refractivity contribution in [2.75, 3.05) is 7.11 Å². The number of hydrogen-bond donors (Lipinski definition) is 1. The third-order valence-electron chi connectivity index (χ3n) is 4.30. The number of aryl methyl sites for hydroxylation is 1. The van der Waals surface area contributed by atoms with Crippen LogP contribution in [0, 0.1) is 12.7 Å². The summed E-state index contributed by atoms with van der Waals surface area (Å²) in [7, 11) is 1.64. The zero-order chi connectivity index (χ0) is 19.1. The molecule has 2 aromatic rings. The Morgan fingerprint density at radius 1 is 1.12 bits per heavy atom. The lowest BCUT2D eigenvalue weighted by molar-refractivity contribution is -0.128. The summed E-state index contributed by atoms with van der Waals surface area (Å²) < 4.78 is 24.0. The second kappa shape index (κ2) is 9.22. The maximum atomic E-state index is 13.0. The van der Waals surface area contributed by atoms with E-state index in [2.05, 4.69) is 5.32 Å². The molecule has 0 heterocycles. The molecule has 0 aliphatic carbocycles. The molecule has 1 N–H and O–H groups in total. The Morgan fingerprint density at radius 3 is 2.35 bits per heavy atom. The van der Waals surface area contributed by atoms with E-state index in [0.29, 0.717) is 12.2 Å². The van der Waals surface area contributed by atoms with Crippen molar-refractivity contribution >= 4 is 5.91 Å². The van der Waals surface area contributed by atoms with Gasteiger partial charge in [0.1, 0.15) is 17.3 Å². The van der Waals surface area contributed by atoms with E-state index in [-0.39, 0.29) is 17.8 Å². The summed E-state index contributed by atoms with van der Waals surface area (Å²) in [6.07, 6.45) is 0.639. The van der Waals surface area contributed by atoms with Crippen LogP contribution in [0.1, 0.15) is 43.9 Å². The van der Waals surface area contributed by atoms with Crippen molar-refractivity contribution in [2.45, 2.75) is 45.8 Å². The van der Waals surface area contributed by atoms with Gasteiger partial charge in [-0.2, -0.15) is 0 Å². The van der Waals surface area contributed by atoms with E-state index in [9.17, 15) is 9.18 Å². The first-order valence-corrected chi connectivity index (χ1v) is 8.85. The zero-order valence-corrected chi connectivity index (χ0v) is 15.7. The van der Waals surface area contributed by atoms with Gasteiger partial charge in [0.05, 0.1) is 13.2 Å². The molecule has 0 aromatic heterocycles. The highest BCUT2D eigenvalue weighted by Crippen LogP contribution is 2.24. The van der Waals surface area contributed by atoms with Crippen molar-refractivity contribution in [3.63, 3.8) is 0 Å². The van der Waals surface area contributed by atoms with Crippen molar-refractivity contribution in [1.29, 1.82) is 0 Å². The molecule has 140 valence electrons. The maximum Gasteiger partial charge on any atom is 0.261 e. The van der Waals surface area contributed by atoms with Crippen LogP contribution in [0.25, 0.3) is 0 Å². The highest BCUT2D eigenvalue weighted by Gasteiger charge is 2.22. The van der Waals surface area contributed by atoms with Gasteiger partial charge in [-0.25, -0.2) is 4.39 Å². The van der Waals surface area contributed by atoms with E-state index in [1.807, 2.05) is 39.0 Å². The second-order valence-corrected chi connectivity index (χ2v) is 6.17. The van der Waals surface area contributed by atoms with Gasteiger partial charge in [0.15, 0.2) is 6.10 Å². The van der Waals surface area contributed by atoms with Gasteiger partial charge in [-0.05, 0) is 61.2 Å². The molecule has 0 bridgehead atoms. The maximum absolute atomic E-state index is 13.0. The van der Waals surface area contributed by atoms with Gasteiger partial charge in [-0.1, -0.05) is 26.0 Å². The van der Waals surface area contributed by atoms with Gasteiger partial charge >= 0.3 is 0 Å². The van der Waals surface area contributed by atoms with Gasteiger partial charge in [-0.3, -0.25) is 4.79 Å². The number of carbonyl (C=O) groups is 1. The van der Waals surface area contributed by atoms with E-state index in [4.69, 9.17) is 9.47 Å². The number of ether oxygens (including phenoxy) is 2. The minimum Gasteiger partial charge on any atom is -0.496 e. The van der Waals surface area contributed by atoms with Gasteiger partial charge in [0.2, 0.25) is 0 Å². The van der Waals surface area contributed by atoms with Crippen LogP contribution in [-0.4, -0.2) is 19.1 Å². The highest BCUT2D eigenvalue weighted by molar-refractivity contribution is 5.81. The number of carbonyl (C=O) groups excluding carboxylic acids is 1. The van der Waals surface area contributed by atoms with Gasteiger partial charge in [0, 0.05) is 0 Å². The number of benzene rings is 2. The molecule has 0 saturated carbocycles. The molecule has 26 heavy (non-hydrogen) atoms. The largest absolute Gasteiger partial charge is 0.496 e. The van der Waals surface area contributed by atoms with Crippen LogP contribution in [0.5, 0.6) is 11.5 Å². The fourth-order valence-electron chi connectivity index (χ4n) is 2.80. The molecule has 4 nitrogen and oxygen atoms in total. The molecule has 2 atom stereocenters. The van der Waals surface area contributed by atoms with E-state index >= 15 is 0 Å². The van der Waals surface area contributed by atoms with Crippen LogP contribution in [0.15, 0.2) is 42.5 Å². The van der Waals surface area contributed by atoms with Crippen molar-refractivity contribution in [3.8, 4) is 11.5 Å². The predicted octanol–water partition coefficient (Wildman–Crippen LogP) is 4.57. The Bertz CT molecular complexity index is 731. The molecule has 0 aliphatic rings. The summed E-state index contributed by atoms with van der Waals surface area (Å²) in [5, 5.41) is 3.05. The second-order valence-electron chi connectivity index (χ2n) is 6.17. The number of rotatable bonds is 8. The lowest BCUT2D eigenvalue weighted by atomic mass is 10.0. The summed E-state index contributed by atoms with van der Waals surface area (Å²) in [5.41, 5.74) is 2.04. The van der Waals surface area contributed by atoms with E-state index < -0.39 is 6.10 Å². The van der Waals surface area contributed by atoms with E-state index in [1.54, 1.807) is 7.11 Å². The fraction of sp³-hybridized carbons (Fsp3) is 0.381. The van der Waals surface area contributed by atoms with E-state index in [0.717, 1.165) is 23.3 Å². The fourth-order valence-corrected chi connectivity index (χ4v) is 2.80. The average Bonchev–Trinajstić information content (AvgIpc) is 2.65. The van der Waals surface area contributed by atoms with Crippen molar-refractivity contribution < 1.29 is 18.7 Å². The molecule has 0 fully saturated rings. The van der Waals surface area contributed by atoms with Crippen molar-refractivity contribution in [3.05, 3.63) is 59.4 Å². The first-order valence-electron chi connectivity index (χ1n) is 8.85. The Balaban J connectivity index is 2.08. The number of hydrogen-bond acceptors (Lipinski definition) is 3. The van der Waals surface area contributed by atoms with Crippen LogP contribution in [0.4, 0.5) is 4.39 Å². The van der Waals surface area contributed by atoms with Crippen LogP contribution in [0.2, 0.25) is 0 Å². The monoisotopic (exact) mass is 359 g/mol. The molecule has 0 spiro atoms. The number of amides is 1. The Morgan fingerprint density at radius 2 is 1.81 bits per heavy atom. The minimum absolute atomic E-state index is 0.113. The zero-order valence-electron chi connectivity index (χ0n) is 15.7. The Hall–Kier alpha value is -2.56. The SMILES string of the molecule is CC[C@H](Oc1ccc(F)cc1)C(=O)N[C@@H](CC)c1ccc(OC)c(C)c1. The van der Waals surface area contributed by atoms with E-state index in [1.165, 1.54) is 24.3 Å². The normalized spacial score (nSPS) is 13.0. The summed E-state index contributed by atoms with van der Waals surface area (Å²) in [6, 6.07) is 11.5.